The Morgan fingerprint density at radius 2 is 2.50 bits per heavy atom. The van der Waals surface area contributed by atoms with Crippen LogP contribution in [0.15, 0.2) is 15.8 Å². The molecule has 1 aromatic heterocycles. The number of aromatic nitrogens is 1. The second-order valence-electron chi connectivity index (χ2n) is 3.45. The summed E-state index contributed by atoms with van der Waals surface area (Å²) in [6.45, 7) is 3.41. The van der Waals surface area contributed by atoms with E-state index in [0.717, 1.165) is 25.1 Å². The average molecular weight is 226 g/mol. The number of nitrogens with two attached hydrogens (primary N) is 1. The van der Waals surface area contributed by atoms with Gasteiger partial charge in [-0.15, -0.1) is 0 Å². The van der Waals surface area contributed by atoms with E-state index in [1.54, 1.807) is 6.20 Å². The Morgan fingerprint density at radius 1 is 1.69 bits per heavy atom. The van der Waals surface area contributed by atoms with Crippen molar-refractivity contribution in [2.45, 2.75) is 32.7 Å². The maximum absolute atomic E-state index is 8.32. The molecule has 1 heterocycles. The molecule has 0 aliphatic rings. The van der Waals surface area contributed by atoms with Gasteiger partial charge in [0.25, 0.3) is 0 Å². The fourth-order valence-electron chi connectivity index (χ4n) is 1.23. The summed E-state index contributed by atoms with van der Waals surface area (Å²) in [5.41, 5.74) is 5.33. The first-order valence-electron chi connectivity index (χ1n) is 5.37. The highest BCUT2D eigenvalue weighted by Gasteiger charge is 2.01. The zero-order valence-corrected chi connectivity index (χ0v) is 9.44. The van der Waals surface area contributed by atoms with Crippen LogP contribution in [-0.2, 0) is 13.0 Å². The third kappa shape index (κ3) is 4.31. The number of nitrogens with zero attached hydrogens (tertiary/aromatic N) is 2. The lowest BCUT2D eigenvalue weighted by molar-refractivity contribution is 0.316. The Balaban J connectivity index is 2.11. The molecular weight excluding hydrogens is 208 g/mol. The first kappa shape index (κ1) is 12.5. The van der Waals surface area contributed by atoms with Crippen molar-refractivity contribution < 1.29 is 9.62 Å². The minimum absolute atomic E-state index is 0.256. The smallest absolute Gasteiger partial charge is 0.208 e. The highest BCUT2D eigenvalue weighted by molar-refractivity contribution is 5.79. The van der Waals surface area contributed by atoms with Crippen LogP contribution in [0.1, 0.15) is 31.4 Å². The van der Waals surface area contributed by atoms with Gasteiger partial charge in [-0.3, -0.25) is 0 Å². The third-order valence-corrected chi connectivity index (χ3v) is 2.14. The van der Waals surface area contributed by atoms with Gasteiger partial charge in [0.15, 0.2) is 0 Å². The molecule has 0 fully saturated rings. The highest BCUT2D eigenvalue weighted by atomic mass is 16.4. The van der Waals surface area contributed by atoms with E-state index in [1.807, 2.05) is 6.92 Å². The molecule has 0 unspecified atom stereocenters. The topological polar surface area (TPSA) is 96.7 Å². The van der Waals surface area contributed by atoms with Crippen LogP contribution in [0.2, 0.25) is 0 Å². The average Bonchev–Trinajstić information content (AvgIpc) is 2.76. The number of aryl methyl sites for hydroxylation is 1. The van der Waals surface area contributed by atoms with Gasteiger partial charge in [0.1, 0.15) is 11.6 Å². The second kappa shape index (κ2) is 6.84. The molecule has 0 radical (unpaired) electrons. The minimum Gasteiger partial charge on any atom is -0.444 e. The number of rotatable bonds is 7. The van der Waals surface area contributed by atoms with Crippen LogP contribution in [0.5, 0.6) is 0 Å². The zero-order valence-electron chi connectivity index (χ0n) is 9.44. The minimum atomic E-state index is 0.256. The van der Waals surface area contributed by atoms with E-state index < -0.39 is 0 Å². The van der Waals surface area contributed by atoms with Gasteiger partial charge in [-0.05, 0) is 13.0 Å². The molecule has 0 aliphatic heterocycles. The molecule has 4 N–H and O–H groups in total. The molecular formula is C10H18N4O2. The fraction of sp³-hybridized carbons (Fsp3) is 0.600. The molecule has 0 spiro atoms. The Bertz CT molecular complexity index is 335. The first-order valence-corrected chi connectivity index (χ1v) is 5.37. The number of amidine groups is 1. The van der Waals surface area contributed by atoms with Crippen molar-refractivity contribution in [3.05, 3.63) is 17.8 Å². The van der Waals surface area contributed by atoms with Crippen LogP contribution >= 0.6 is 0 Å². The van der Waals surface area contributed by atoms with Crippen molar-refractivity contribution in [1.29, 1.82) is 0 Å². The SMILES string of the molecule is CCc1cnc(CNCCCC(N)=NO)o1. The molecule has 0 atom stereocenters. The van der Waals surface area contributed by atoms with E-state index in [-0.39, 0.29) is 5.84 Å². The lowest BCUT2D eigenvalue weighted by Gasteiger charge is -2.01. The summed E-state index contributed by atoms with van der Waals surface area (Å²) < 4.78 is 5.42. The molecule has 0 saturated carbocycles. The monoisotopic (exact) mass is 226 g/mol. The number of nitrogens with one attached hydrogen (secondary N) is 1. The summed E-state index contributed by atoms with van der Waals surface area (Å²) in [5.74, 6) is 1.85. The number of hydrogen-bond acceptors (Lipinski definition) is 5. The molecule has 0 aromatic carbocycles. The number of oxime groups is 1. The quantitative estimate of drug-likeness (QED) is 0.210. The van der Waals surface area contributed by atoms with Gasteiger partial charge < -0.3 is 20.7 Å². The van der Waals surface area contributed by atoms with E-state index in [9.17, 15) is 0 Å². The van der Waals surface area contributed by atoms with Gasteiger partial charge in [0, 0.05) is 12.8 Å². The van der Waals surface area contributed by atoms with Gasteiger partial charge in [0.2, 0.25) is 5.89 Å². The standard InChI is InChI=1S/C10H18N4O2/c1-2-8-6-13-10(16-8)7-12-5-3-4-9(11)14-15/h6,12,15H,2-5,7H2,1H3,(H2,11,14). The van der Waals surface area contributed by atoms with Crippen LogP contribution in [-0.4, -0.2) is 22.6 Å². The number of hydrogen-bond donors (Lipinski definition) is 3. The normalized spacial score (nSPS) is 11.9. The van der Waals surface area contributed by atoms with Crippen LogP contribution < -0.4 is 11.1 Å². The molecule has 1 rings (SSSR count). The van der Waals surface area contributed by atoms with E-state index in [2.05, 4.69) is 15.5 Å². The predicted octanol–water partition coefficient (Wildman–Crippen LogP) is 0.853. The second-order valence-corrected chi connectivity index (χ2v) is 3.45. The van der Waals surface area contributed by atoms with E-state index in [4.69, 9.17) is 15.4 Å². The van der Waals surface area contributed by atoms with Crippen LogP contribution in [0.4, 0.5) is 0 Å². The summed E-state index contributed by atoms with van der Waals surface area (Å²) in [6, 6.07) is 0. The Hall–Kier alpha value is -1.56. The van der Waals surface area contributed by atoms with Gasteiger partial charge >= 0.3 is 0 Å². The maximum atomic E-state index is 8.32. The summed E-state index contributed by atoms with van der Waals surface area (Å²) in [7, 11) is 0. The van der Waals surface area contributed by atoms with Crippen molar-refractivity contribution in [3.8, 4) is 0 Å². The molecule has 0 bridgehead atoms. The lowest BCUT2D eigenvalue weighted by atomic mass is 10.3. The highest BCUT2D eigenvalue weighted by Crippen LogP contribution is 2.03. The van der Waals surface area contributed by atoms with Gasteiger partial charge in [-0.25, -0.2) is 4.98 Å². The molecule has 90 valence electrons. The third-order valence-electron chi connectivity index (χ3n) is 2.14. The Morgan fingerprint density at radius 3 is 3.12 bits per heavy atom. The first-order chi connectivity index (χ1) is 7.76. The van der Waals surface area contributed by atoms with E-state index in [0.29, 0.717) is 18.9 Å². The summed E-state index contributed by atoms with van der Waals surface area (Å²) in [5, 5.41) is 14.4. The largest absolute Gasteiger partial charge is 0.444 e. The van der Waals surface area contributed by atoms with Gasteiger partial charge in [0.05, 0.1) is 12.7 Å². The molecule has 16 heavy (non-hydrogen) atoms. The number of oxazole rings is 1. The van der Waals surface area contributed by atoms with Crippen LogP contribution in [0.25, 0.3) is 0 Å². The summed E-state index contributed by atoms with van der Waals surface area (Å²) in [6.07, 6.45) is 4.00. The van der Waals surface area contributed by atoms with Crippen LogP contribution in [0, 0.1) is 0 Å². The van der Waals surface area contributed by atoms with Crippen molar-refractivity contribution in [2.24, 2.45) is 10.9 Å². The predicted molar refractivity (Wildman–Crippen MR) is 60.2 cm³/mol. The van der Waals surface area contributed by atoms with Crippen LogP contribution in [0.3, 0.4) is 0 Å². The molecule has 0 aliphatic carbocycles. The van der Waals surface area contributed by atoms with E-state index in [1.165, 1.54) is 0 Å². The van der Waals surface area contributed by atoms with E-state index >= 15 is 0 Å². The maximum Gasteiger partial charge on any atom is 0.208 e. The molecule has 0 saturated heterocycles. The zero-order chi connectivity index (χ0) is 11.8. The fourth-order valence-corrected chi connectivity index (χ4v) is 1.23. The lowest BCUT2D eigenvalue weighted by Crippen LogP contribution is -2.18. The Labute approximate surface area is 94.5 Å². The van der Waals surface area contributed by atoms with Gasteiger partial charge in [-0.1, -0.05) is 12.1 Å². The summed E-state index contributed by atoms with van der Waals surface area (Å²) in [4.78, 5) is 4.12. The van der Waals surface area contributed by atoms with Crippen molar-refractivity contribution in [2.75, 3.05) is 6.54 Å². The molecule has 1 aromatic rings. The van der Waals surface area contributed by atoms with Crippen molar-refractivity contribution in [3.63, 3.8) is 0 Å². The molecule has 6 nitrogen and oxygen atoms in total. The summed E-state index contributed by atoms with van der Waals surface area (Å²) >= 11 is 0. The molecule has 0 amide bonds. The van der Waals surface area contributed by atoms with Crippen molar-refractivity contribution >= 4 is 5.84 Å². The van der Waals surface area contributed by atoms with Crippen molar-refractivity contribution in [1.82, 2.24) is 10.3 Å². The Kier molecular flexibility index (Phi) is 5.35. The molecule has 6 heteroatoms. The van der Waals surface area contributed by atoms with Gasteiger partial charge in [-0.2, -0.15) is 0 Å².